The second kappa shape index (κ2) is 10.2. The number of halogens is 3. The zero-order chi connectivity index (χ0) is 28.9. The third kappa shape index (κ3) is 4.98. The molecule has 3 aromatic carbocycles. The highest BCUT2D eigenvalue weighted by Crippen LogP contribution is 2.35. The van der Waals surface area contributed by atoms with Gasteiger partial charge in [-0.1, -0.05) is 17.7 Å². The number of rotatable bonds is 7. The number of nitrogens with two attached hydrogens (primary N) is 1. The van der Waals surface area contributed by atoms with Gasteiger partial charge in [0.05, 0.1) is 46.5 Å². The molecule has 0 bridgehead atoms. The van der Waals surface area contributed by atoms with E-state index < -0.39 is 33.3 Å². The molecule has 0 radical (unpaired) electrons. The summed E-state index contributed by atoms with van der Waals surface area (Å²) in [5.74, 6) is -1.22. The largest absolute Gasteiger partial charge is 0.496 e. The Morgan fingerprint density at radius 2 is 1.82 bits per heavy atom. The first-order valence-electron chi connectivity index (χ1n) is 11.8. The number of nitrogens with zero attached hydrogens (tertiary/aromatic N) is 4. The Morgan fingerprint density at radius 3 is 2.48 bits per heavy atom. The molecule has 14 heteroatoms. The lowest BCUT2D eigenvalue weighted by molar-refractivity contribution is 0.419. The third-order valence-electron chi connectivity index (χ3n) is 6.25. The number of anilines is 1. The smallest absolute Gasteiger partial charge is 0.269 e. The Hall–Kier alpha value is -4.07. The standard InChI is InChI=1S/C26H23ClF2N6O4S/c1-34-23-19(8-7-16(27)21(23)24(32-34)33-40(3,37)38)35-25(17(30)11-13-9-14(28)12-15(29)10-13)31-18-5-4-6-20(39-2)22(18)26(35)36/h4-10,12,17H,11,30H2,1-3H3,(H,32,33)/t17-/m0/s1. The van der Waals surface area contributed by atoms with Gasteiger partial charge >= 0.3 is 0 Å². The van der Waals surface area contributed by atoms with E-state index in [0.717, 1.165) is 24.5 Å². The first-order chi connectivity index (χ1) is 18.9. The quantitative estimate of drug-likeness (QED) is 0.295. The van der Waals surface area contributed by atoms with Crippen molar-refractivity contribution in [2.75, 3.05) is 18.1 Å². The highest BCUT2D eigenvalue weighted by atomic mass is 35.5. The molecule has 0 aliphatic heterocycles. The van der Waals surface area contributed by atoms with Gasteiger partial charge in [0.25, 0.3) is 5.56 Å². The summed E-state index contributed by atoms with van der Waals surface area (Å²) in [6.07, 6.45) is 0.918. The Bertz CT molecular complexity index is 1960. The molecule has 0 amide bonds. The fourth-order valence-electron chi connectivity index (χ4n) is 4.73. The van der Waals surface area contributed by atoms with Gasteiger partial charge in [0.2, 0.25) is 10.0 Å². The van der Waals surface area contributed by atoms with Crippen LogP contribution in [0.25, 0.3) is 27.5 Å². The molecule has 208 valence electrons. The van der Waals surface area contributed by atoms with E-state index in [1.54, 1.807) is 31.3 Å². The molecule has 0 aliphatic carbocycles. The van der Waals surface area contributed by atoms with Crippen LogP contribution >= 0.6 is 11.6 Å². The second-order valence-corrected chi connectivity index (χ2v) is 11.3. The van der Waals surface area contributed by atoms with E-state index in [4.69, 9.17) is 22.1 Å². The van der Waals surface area contributed by atoms with Gasteiger partial charge in [0, 0.05) is 13.1 Å². The molecular formula is C26H23ClF2N6O4S. The number of ether oxygens (including phenoxy) is 1. The number of hydrogen-bond donors (Lipinski definition) is 2. The average molecular weight is 589 g/mol. The lowest BCUT2D eigenvalue weighted by Gasteiger charge is -2.20. The monoisotopic (exact) mass is 588 g/mol. The zero-order valence-electron chi connectivity index (χ0n) is 21.4. The van der Waals surface area contributed by atoms with Crippen molar-refractivity contribution in [3.8, 4) is 11.4 Å². The van der Waals surface area contributed by atoms with Gasteiger partial charge in [-0.2, -0.15) is 5.10 Å². The lowest BCUT2D eigenvalue weighted by Crippen LogP contribution is -2.30. The van der Waals surface area contributed by atoms with Crippen molar-refractivity contribution >= 4 is 49.2 Å². The Balaban J connectivity index is 1.83. The van der Waals surface area contributed by atoms with Crippen LogP contribution in [0.2, 0.25) is 5.02 Å². The number of benzene rings is 3. The molecular weight excluding hydrogens is 566 g/mol. The summed E-state index contributed by atoms with van der Waals surface area (Å²) in [4.78, 5) is 18.8. The van der Waals surface area contributed by atoms with Gasteiger partial charge in [0.1, 0.15) is 28.6 Å². The molecule has 5 aromatic rings. The van der Waals surface area contributed by atoms with Crippen LogP contribution in [0, 0.1) is 11.6 Å². The van der Waals surface area contributed by atoms with E-state index in [2.05, 4.69) is 14.8 Å². The molecule has 0 saturated heterocycles. The predicted molar refractivity (Wildman–Crippen MR) is 149 cm³/mol. The summed E-state index contributed by atoms with van der Waals surface area (Å²) in [5.41, 5.74) is 7.13. The maximum atomic E-state index is 14.2. The fraction of sp³-hybridized carbons (Fsp3) is 0.192. The van der Waals surface area contributed by atoms with Crippen LogP contribution in [0.1, 0.15) is 17.4 Å². The molecule has 3 N–H and O–H groups in total. The highest BCUT2D eigenvalue weighted by Gasteiger charge is 2.25. The van der Waals surface area contributed by atoms with E-state index in [-0.39, 0.29) is 50.9 Å². The number of aryl methyl sites for hydroxylation is 1. The summed E-state index contributed by atoms with van der Waals surface area (Å²) in [5, 5.41) is 4.86. The minimum Gasteiger partial charge on any atom is -0.496 e. The van der Waals surface area contributed by atoms with Crippen molar-refractivity contribution in [2.24, 2.45) is 12.8 Å². The predicted octanol–water partition coefficient (Wildman–Crippen LogP) is 3.83. The molecule has 0 fully saturated rings. The normalized spacial score (nSPS) is 12.7. The summed E-state index contributed by atoms with van der Waals surface area (Å²) in [6, 6.07) is 10.00. The van der Waals surface area contributed by atoms with Gasteiger partial charge < -0.3 is 10.5 Å². The van der Waals surface area contributed by atoms with Crippen molar-refractivity contribution in [3.63, 3.8) is 0 Å². The van der Waals surface area contributed by atoms with Crippen LogP contribution in [-0.2, 0) is 23.5 Å². The molecule has 0 unspecified atom stereocenters. The van der Waals surface area contributed by atoms with Gasteiger partial charge in [-0.15, -0.1) is 0 Å². The Morgan fingerprint density at radius 1 is 1.12 bits per heavy atom. The van der Waals surface area contributed by atoms with Crippen molar-refractivity contribution in [3.05, 3.63) is 86.9 Å². The first kappa shape index (κ1) is 27.5. The fourth-order valence-corrected chi connectivity index (χ4v) is 5.46. The summed E-state index contributed by atoms with van der Waals surface area (Å²) in [6.45, 7) is 0. The highest BCUT2D eigenvalue weighted by molar-refractivity contribution is 7.92. The number of methoxy groups -OCH3 is 1. The molecule has 0 aliphatic rings. The number of aromatic nitrogens is 4. The van der Waals surface area contributed by atoms with Crippen LogP contribution in [0.5, 0.6) is 5.75 Å². The number of fused-ring (bicyclic) bond motifs is 2. The summed E-state index contributed by atoms with van der Waals surface area (Å²) >= 11 is 6.48. The van der Waals surface area contributed by atoms with Crippen LogP contribution in [-0.4, -0.2) is 41.1 Å². The maximum absolute atomic E-state index is 14.2. The van der Waals surface area contributed by atoms with Crippen molar-refractivity contribution in [1.29, 1.82) is 0 Å². The second-order valence-electron chi connectivity index (χ2n) is 9.19. The SMILES string of the molecule is COc1cccc2nc([C@@H](N)Cc3cc(F)cc(F)c3)n(-c3ccc(Cl)c4c(NS(C)(=O)=O)nn(C)c34)c(=O)c12. The van der Waals surface area contributed by atoms with Gasteiger partial charge in [-0.05, 0) is 48.4 Å². The molecule has 2 heterocycles. The Kier molecular flexibility index (Phi) is 6.98. The molecule has 10 nitrogen and oxygen atoms in total. The minimum atomic E-state index is -3.72. The van der Waals surface area contributed by atoms with E-state index in [9.17, 15) is 22.0 Å². The molecule has 5 rings (SSSR count). The topological polar surface area (TPSA) is 134 Å². The number of sulfonamides is 1. The van der Waals surface area contributed by atoms with Crippen molar-refractivity contribution < 1.29 is 21.9 Å². The van der Waals surface area contributed by atoms with E-state index >= 15 is 0 Å². The maximum Gasteiger partial charge on any atom is 0.269 e. The molecule has 2 aromatic heterocycles. The zero-order valence-corrected chi connectivity index (χ0v) is 23.0. The van der Waals surface area contributed by atoms with Crippen LogP contribution < -0.4 is 20.8 Å². The van der Waals surface area contributed by atoms with Gasteiger partial charge in [-0.25, -0.2) is 22.2 Å². The van der Waals surface area contributed by atoms with Crippen molar-refractivity contribution in [2.45, 2.75) is 12.5 Å². The molecule has 1 atom stereocenters. The van der Waals surface area contributed by atoms with Crippen LogP contribution in [0.4, 0.5) is 14.6 Å². The Labute approximate surface area is 232 Å². The average Bonchev–Trinajstić information content (AvgIpc) is 3.18. The molecule has 0 spiro atoms. The van der Waals surface area contributed by atoms with Crippen LogP contribution in [0.15, 0.2) is 53.3 Å². The number of hydrogen-bond acceptors (Lipinski definition) is 7. The van der Waals surface area contributed by atoms with Crippen molar-refractivity contribution in [1.82, 2.24) is 19.3 Å². The number of nitrogens with one attached hydrogen (secondary N) is 1. The lowest BCUT2D eigenvalue weighted by atomic mass is 10.0. The van der Waals surface area contributed by atoms with Gasteiger partial charge in [-0.3, -0.25) is 18.8 Å². The summed E-state index contributed by atoms with van der Waals surface area (Å²) < 4.78 is 62.3. The third-order valence-corrected chi connectivity index (χ3v) is 7.13. The molecule has 0 saturated carbocycles. The first-order valence-corrected chi connectivity index (χ1v) is 14.1. The van der Waals surface area contributed by atoms with Gasteiger partial charge in [0.15, 0.2) is 5.82 Å². The van der Waals surface area contributed by atoms with E-state index in [0.29, 0.717) is 11.0 Å². The summed E-state index contributed by atoms with van der Waals surface area (Å²) in [7, 11) is -0.743. The van der Waals surface area contributed by atoms with Crippen LogP contribution in [0.3, 0.4) is 0 Å². The molecule has 40 heavy (non-hydrogen) atoms. The minimum absolute atomic E-state index is 0.0349. The van der Waals surface area contributed by atoms with E-state index in [1.807, 2.05) is 0 Å². The van der Waals surface area contributed by atoms with E-state index in [1.165, 1.54) is 22.4 Å².